The second kappa shape index (κ2) is 5.87. The normalized spacial score (nSPS) is 14.5. The van der Waals surface area contributed by atoms with Crippen LogP contribution in [-0.2, 0) is 10.3 Å². The summed E-state index contributed by atoms with van der Waals surface area (Å²) in [5.74, 6) is 0.728. The van der Waals surface area contributed by atoms with Gasteiger partial charge in [-0.2, -0.15) is 0 Å². The fourth-order valence-corrected chi connectivity index (χ4v) is 1.46. The third kappa shape index (κ3) is 3.22. The van der Waals surface area contributed by atoms with E-state index in [1.165, 1.54) is 0 Å². The van der Waals surface area contributed by atoms with Crippen molar-refractivity contribution in [3.63, 3.8) is 0 Å². The molecule has 1 atom stereocenters. The molecule has 0 radical (unpaired) electrons. The van der Waals surface area contributed by atoms with Crippen LogP contribution in [0.5, 0.6) is 5.75 Å². The Balaban J connectivity index is 2.83. The van der Waals surface area contributed by atoms with Crippen LogP contribution in [0.25, 0.3) is 0 Å². The van der Waals surface area contributed by atoms with Crippen molar-refractivity contribution in [3.8, 4) is 5.75 Å². The molecule has 0 aliphatic carbocycles. The molecule has 1 aromatic carbocycles. The van der Waals surface area contributed by atoms with Gasteiger partial charge in [0.1, 0.15) is 12.4 Å². The van der Waals surface area contributed by atoms with Gasteiger partial charge in [0.15, 0.2) is 0 Å². The molecular weight excluding hydrogens is 204 g/mol. The molecule has 16 heavy (non-hydrogen) atoms. The Labute approximate surface area is 97.0 Å². The van der Waals surface area contributed by atoms with Crippen molar-refractivity contribution in [3.05, 3.63) is 29.8 Å². The van der Waals surface area contributed by atoms with Crippen molar-refractivity contribution in [1.82, 2.24) is 0 Å². The molecule has 0 aliphatic rings. The van der Waals surface area contributed by atoms with E-state index in [-0.39, 0.29) is 0 Å². The van der Waals surface area contributed by atoms with Crippen LogP contribution in [0.4, 0.5) is 0 Å². The number of methoxy groups -OCH3 is 1. The topological polar surface area (TPSA) is 38.7 Å². The lowest BCUT2D eigenvalue weighted by Gasteiger charge is -2.24. The van der Waals surface area contributed by atoms with E-state index >= 15 is 0 Å². The number of aliphatic hydroxyl groups is 1. The molecule has 0 saturated heterocycles. The van der Waals surface area contributed by atoms with E-state index in [4.69, 9.17) is 9.47 Å². The van der Waals surface area contributed by atoms with Gasteiger partial charge in [-0.3, -0.25) is 0 Å². The van der Waals surface area contributed by atoms with E-state index in [9.17, 15) is 5.11 Å². The average molecular weight is 224 g/mol. The molecule has 0 aromatic heterocycles. The minimum Gasteiger partial charge on any atom is -0.491 e. The standard InChI is InChI=1S/C13H20O3/c1-4-13(2,14)11-7-5-6-8-12(11)16-10-9-15-3/h5-8,14H,4,9-10H2,1-3H3. The van der Waals surface area contributed by atoms with Crippen molar-refractivity contribution >= 4 is 0 Å². The number of hydrogen-bond donors (Lipinski definition) is 1. The first-order chi connectivity index (χ1) is 7.61. The highest BCUT2D eigenvalue weighted by molar-refractivity contribution is 5.37. The van der Waals surface area contributed by atoms with Crippen LogP contribution >= 0.6 is 0 Å². The van der Waals surface area contributed by atoms with Gasteiger partial charge in [-0.05, 0) is 19.4 Å². The Hall–Kier alpha value is -1.06. The van der Waals surface area contributed by atoms with E-state index in [0.29, 0.717) is 19.6 Å². The molecule has 0 saturated carbocycles. The summed E-state index contributed by atoms with van der Waals surface area (Å²) in [6, 6.07) is 7.57. The fourth-order valence-electron chi connectivity index (χ4n) is 1.46. The van der Waals surface area contributed by atoms with Crippen molar-refractivity contribution in [2.75, 3.05) is 20.3 Å². The Morgan fingerprint density at radius 2 is 1.94 bits per heavy atom. The second-order valence-corrected chi connectivity index (χ2v) is 3.96. The maximum atomic E-state index is 10.2. The highest BCUT2D eigenvalue weighted by Gasteiger charge is 2.24. The molecule has 3 nitrogen and oxygen atoms in total. The monoisotopic (exact) mass is 224 g/mol. The summed E-state index contributed by atoms with van der Waals surface area (Å²) in [6.07, 6.45) is 0.650. The molecule has 1 aromatic rings. The molecule has 0 aliphatic heterocycles. The van der Waals surface area contributed by atoms with Crippen LogP contribution in [0.2, 0.25) is 0 Å². The maximum absolute atomic E-state index is 10.2. The van der Waals surface area contributed by atoms with Gasteiger partial charge in [0, 0.05) is 12.7 Å². The summed E-state index contributed by atoms with van der Waals surface area (Å²) < 4.78 is 10.5. The van der Waals surface area contributed by atoms with Crippen LogP contribution in [-0.4, -0.2) is 25.4 Å². The molecule has 90 valence electrons. The van der Waals surface area contributed by atoms with Crippen molar-refractivity contribution < 1.29 is 14.6 Å². The molecule has 1 rings (SSSR count). The van der Waals surface area contributed by atoms with Gasteiger partial charge in [0.25, 0.3) is 0 Å². The zero-order chi connectivity index (χ0) is 12.0. The number of ether oxygens (including phenoxy) is 2. The lowest BCUT2D eigenvalue weighted by Crippen LogP contribution is -2.21. The van der Waals surface area contributed by atoms with Gasteiger partial charge in [-0.15, -0.1) is 0 Å². The predicted molar refractivity (Wildman–Crippen MR) is 63.7 cm³/mol. The molecule has 1 N–H and O–H groups in total. The van der Waals surface area contributed by atoms with Gasteiger partial charge >= 0.3 is 0 Å². The SMILES string of the molecule is CCC(C)(O)c1ccccc1OCCOC. The molecular formula is C13H20O3. The number of hydrogen-bond acceptors (Lipinski definition) is 3. The first-order valence-corrected chi connectivity index (χ1v) is 5.55. The van der Waals surface area contributed by atoms with Crippen LogP contribution in [0, 0.1) is 0 Å². The van der Waals surface area contributed by atoms with Crippen molar-refractivity contribution in [2.45, 2.75) is 25.9 Å². The Morgan fingerprint density at radius 3 is 2.56 bits per heavy atom. The summed E-state index contributed by atoms with van der Waals surface area (Å²) in [6.45, 7) is 4.79. The summed E-state index contributed by atoms with van der Waals surface area (Å²) in [5, 5.41) is 10.2. The maximum Gasteiger partial charge on any atom is 0.125 e. The van der Waals surface area contributed by atoms with Crippen LogP contribution in [0.3, 0.4) is 0 Å². The summed E-state index contributed by atoms with van der Waals surface area (Å²) in [4.78, 5) is 0. The zero-order valence-corrected chi connectivity index (χ0v) is 10.2. The smallest absolute Gasteiger partial charge is 0.125 e. The van der Waals surface area contributed by atoms with E-state index in [1.807, 2.05) is 31.2 Å². The highest BCUT2D eigenvalue weighted by atomic mass is 16.5. The van der Waals surface area contributed by atoms with E-state index in [0.717, 1.165) is 11.3 Å². The summed E-state index contributed by atoms with van der Waals surface area (Å²) in [7, 11) is 1.64. The minimum absolute atomic E-state index is 0.493. The molecule has 0 bridgehead atoms. The fraction of sp³-hybridized carbons (Fsp3) is 0.538. The van der Waals surface area contributed by atoms with Gasteiger partial charge in [-0.25, -0.2) is 0 Å². The van der Waals surface area contributed by atoms with Gasteiger partial charge in [0.2, 0.25) is 0 Å². The van der Waals surface area contributed by atoms with Crippen molar-refractivity contribution in [2.24, 2.45) is 0 Å². The lowest BCUT2D eigenvalue weighted by atomic mass is 9.92. The number of para-hydroxylation sites is 1. The summed E-state index contributed by atoms with van der Waals surface area (Å²) in [5.41, 5.74) is -0.0162. The molecule has 0 amide bonds. The van der Waals surface area contributed by atoms with Gasteiger partial charge in [0.05, 0.1) is 12.2 Å². The highest BCUT2D eigenvalue weighted by Crippen LogP contribution is 2.31. The first-order valence-electron chi connectivity index (χ1n) is 5.55. The van der Waals surface area contributed by atoms with Gasteiger partial charge in [-0.1, -0.05) is 25.1 Å². The Morgan fingerprint density at radius 1 is 1.25 bits per heavy atom. The number of rotatable bonds is 6. The molecule has 0 fully saturated rings. The lowest BCUT2D eigenvalue weighted by molar-refractivity contribution is 0.0485. The predicted octanol–water partition coefficient (Wildman–Crippen LogP) is 2.33. The molecule has 3 heteroatoms. The Bertz CT molecular complexity index is 321. The molecule has 0 heterocycles. The Kier molecular flexibility index (Phi) is 4.77. The van der Waals surface area contributed by atoms with Crippen LogP contribution in [0.1, 0.15) is 25.8 Å². The van der Waals surface area contributed by atoms with E-state index < -0.39 is 5.60 Å². The minimum atomic E-state index is -0.844. The van der Waals surface area contributed by atoms with Crippen LogP contribution < -0.4 is 4.74 Å². The van der Waals surface area contributed by atoms with Crippen molar-refractivity contribution in [1.29, 1.82) is 0 Å². The van der Waals surface area contributed by atoms with E-state index in [2.05, 4.69) is 0 Å². The third-order valence-corrected chi connectivity index (χ3v) is 2.70. The average Bonchev–Trinajstić information content (AvgIpc) is 2.30. The third-order valence-electron chi connectivity index (χ3n) is 2.70. The van der Waals surface area contributed by atoms with E-state index in [1.54, 1.807) is 14.0 Å². The first kappa shape index (κ1) is 13.0. The second-order valence-electron chi connectivity index (χ2n) is 3.96. The van der Waals surface area contributed by atoms with Crippen LogP contribution in [0.15, 0.2) is 24.3 Å². The number of benzene rings is 1. The summed E-state index contributed by atoms with van der Waals surface area (Å²) >= 11 is 0. The quantitative estimate of drug-likeness (QED) is 0.754. The molecule has 0 spiro atoms. The zero-order valence-electron chi connectivity index (χ0n) is 10.2. The largest absolute Gasteiger partial charge is 0.491 e. The molecule has 1 unspecified atom stereocenters. The van der Waals surface area contributed by atoms with Gasteiger partial charge < -0.3 is 14.6 Å².